The van der Waals surface area contributed by atoms with Crippen LogP contribution in [0, 0.1) is 0 Å². The van der Waals surface area contributed by atoms with Crippen molar-refractivity contribution >= 4 is 34.9 Å². The third-order valence-corrected chi connectivity index (χ3v) is 3.86. The van der Waals surface area contributed by atoms with Crippen molar-refractivity contribution in [3.8, 4) is 0 Å². The Balaban J connectivity index is 2.32. The molecule has 7 heteroatoms. The molecule has 2 aromatic rings. The Hall–Kier alpha value is -1.40. The lowest BCUT2D eigenvalue weighted by Gasteiger charge is -2.14. The first-order valence-corrected chi connectivity index (χ1v) is 7.67. The zero-order valence-corrected chi connectivity index (χ0v) is 12.9. The normalized spacial score (nSPS) is 10.9. The number of hydrogen-bond donors (Lipinski definition) is 1. The van der Waals surface area contributed by atoms with Gasteiger partial charge in [-0.1, -0.05) is 48.8 Å². The fourth-order valence-electron chi connectivity index (χ4n) is 1.87. The van der Waals surface area contributed by atoms with Crippen molar-refractivity contribution < 1.29 is 8.78 Å². The second-order valence-electron chi connectivity index (χ2n) is 4.24. The molecule has 0 saturated carbocycles. The summed E-state index contributed by atoms with van der Waals surface area (Å²) < 4.78 is 25.2. The molecule has 3 nitrogen and oxygen atoms in total. The fraction of sp³-hybridized carbons (Fsp3) is 0.286. The van der Waals surface area contributed by atoms with Crippen molar-refractivity contribution in [2.24, 2.45) is 0 Å². The highest BCUT2D eigenvalue weighted by Gasteiger charge is 2.13. The number of anilines is 2. The van der Waals surface area contributed by atoms with Gasteiger partial charge in [-0.2, -0.15) is 8.78 Å². The molecule has 0 aliphatic rings. The molecular weight excluding hydrogens is 316 g/mol. The summed E-state index contributed by atoms with van der Waals surface area (Å²) in [4.78, 5) is 8.59. The van der Waals surface area contributed by atoms with E-state index in [4.69, 9.17) is 11.6 Å². The van der Waals surface area contributed by atoms with Crippen LogP contribution < -0.4 is 5.32 Å². The monoisotopic (exact) mass is 329 g/mol. The first-order valence-electron chi connectivity index (χ1n) is 6.42. The van der Waals surface area contributed by atoms with E-state index in [0.717, 1.165) is 12.0 Å². The minimum atomic E-state index is -2.47. The van der Waals surface area contributed by atoms with Crippen LogP contribution in [0.4, 0.5) is 20.3 Å². The number of alkyl halides is 2. The number of halogens is 3. The molecule has 0 bridgehead atoms. The van der Waals surface area contributed by atoms with Crippen LogP contribution in [0.3, 0.4) is 0 Å². The van der Waals surface area contributed by atoms with Gasteiger partial charge in [0, 0.05) is 10.5 Å². The van der Waals surface area contributed by atoms with E-state index in [-0.39, 0.29) is 0 Å². The van der Waals surface area contributed by atoms with Gasteiger partial charge in [-0.05, 0) is 18.6 Å². The van der Waals surface area contributed by atoms with Gasteiger partial charge in [0.05, 0.1) is 5.69 Å². The number of aromatic nitrogens is 2. The highest BCUT2D eigenvalue weighted by atomic mass is 35.5. The zero-order valence-electron chi connectivity index (χ0n) is 11.3. The van der Waals surface area contributed by atoms with Crippen molar-refractivity contribution in [2.45, 2.75) is 30.4 Å². The number of rotatable bonds is 6. The number of para-hydroxylation sites is 1. The van der Waals surface area contributed by atoms with E-state index in [1.165, 1.54) is 6.33 Å². The lowest BCUT2D eigenvalue weighted by Crippen LogP contribution is -2.02. The summed E-state index contributed by atoms with van der Waals surface area (Å²) in [5.41, 5.74) is 1.37. The maximum atomic E-state index is 12.6. The van der Waals surface area contributed by atoms with Crippen molar-refractivity contribution in [3.05, 3.63) is 41.3 Å². The predicted molar refractivity (Wildman–Crippen MR) is 82.6 cm³/mol. The first-order chi connectivity index (χ1) is 10.1. The Kier molecular flexibility index (Phi) is 5.76. The van der Waals surface area contributed by atoms with E-state index in [1.54, 1.807) is 24.3 Å². The lowest BCUT2D eigenvalue weighted by atomic mass is 10.2. The first kappa shape index (κ1) is 16.0. The highest BCUT2D eigenvalue weighted by Crippen LogP contribution is 2.34. The molecule has 21 heavy (non-hydrogen) atoms. The molecule has 1 aromatic heterocycles. The van der Waals surface area contributed by atoms with E-state index in [9.17, 15) is 8.78 Å². The number of nitrogens with one attached hydrogen (secondary N) is 1. The molecule has 0 atom stereocenters. The fourth-order valence-corrected chi connectivity index (χ4v) is 2.69. The van der Waals surface area contributed by atoms with Crippen LogP contribution in [0.1, 0.15) is 18.9 Å². The molecule has 112 valence electrons. The Labute approximate surface area is 131 Å². The Morgan fingerprint density at radius 1 is 1.29 bits per heavy atom. The van der Waals surface area contributed by atoms with Gasteiger partial charge in [0.1, 0.15) is 17.3 Å². The van der Waals surface area contributed by atoms with Gasteiger partial charge in [0.2, 0.25) is 0 Å². The van der Waals surface area contributed by atoms with Crippen molar-refractivity contribution in [1.29, 1.82) is 0 Å². The van der Waals surface area contributed by atoms with E-state index in [1.807, 2.05) is 6.92 Å². The van der Waals surface area contributed by atoms with Crippen LogP contribution >= 0.6 is 23.4 Å². The van der Waals surface area contributed by atoms with E-state index >= 15 is 0 Å². The van der Waals surface area contributed by atoms with Crippen LogP contribution in [0.2, 0.25) is 5.15 Å². The molecule has 0 radical (unpaired) electrons. The van der Waals surface area contributed by atoms with Gasteiger partial charge >= 0.3 is 0 Å². The average molecular weight is 330 g/mol. The molecule has 0 aliphatic carbocycles. The number of nitrogens with zero attached hydrogens (tertiary/aromatic N) is 2. The van der Waals surface area contributed by atoms with Gasteiger partial charge in [0.25, 0.3) is 5.76 Å². The summed E-state index contributed by atoms with van der Waals surface area (Å²) in [7, 11) is 0. The standard InChI is InChI=1S/C14H14ClF2N3S/c1-2-5-9-12(15)18-8-19-13(9)20-10-6-3-4-7-11(10)21-14(16)17/h3-4,6-8,14H,2,5H2,1H3,(H,18,19,20). The van der Waals surface area contributed by atoms with Gasteiger partial charge in [0.15, 0.2) is 0 Å². The number of benzene rings is 1. The van der Waals surface area contributed by atoms with Gasteiger partial charge < -0.3 is 5.32 Å². The topological polar surface area (TPSA) is 37.8 Å². The molecule has 0 amide bonds. The quantitative estimate of drug-likeness (QED) is 0.588. The molecule has 1 N–H and O–H groups in total. The van der Waals surface area contributed by atoms with E-state index in [2.05, 4.69) is 15.3 Å². The molecule has 1 heterocycles. The van der Waals surface area contributed by atoms with E-state index < -0.39 is 5.76 Å². The molecule has 0 saturated heterocycles. The van der Waals surface area contributed by atoms with E-state index in [0.29, 0.717) is 39.7 Å². The summed E-state index contributed by atoms with van der Waals surface area (Å²) in [6.45, 7) is 2.02. The van der Waals surface area contributed by atoms with Crippen molar-refractivity contribution in [1.82, 2.24) is 9.97 Å². The summed E-state index contributed by atoms with van der Waals surface area (Å²) in [6.07, 6.45) is 2.95. The van der Waals surface area contributed by atoms with Crippen LogP contribution in [0.15, 0.2) is 35.5 Å². The highest BCUT2D eigenvalue weighted by molar-refractivity contribution is 7.99. The molecular formula is C14H14ClF2N3S. The molecule has 0 spiro atoms. The molecule has 0 aliphatic heterocycles. The summed E-state index contributed by atoms with van der Waals surface area (Å²) in [6, 6.07) is 6.87. The Morgan fingerprint density at radius 3 is 2.76 bits per heavy atom. The lowest BCUT2D eigenvalue weighted by molar-refractivity contribution is 0.252. The molecule has 0 fully saturated rings. The second-order valence-corrected chi connectivity index (χ2v) is 5.63. The molecule has 0 unspecified atom stereocenters. The number of thioether (sulfide) groups is 1. The number of hydrogen-bond acceptors (Lipinski definition) is 4. The largest absolute Gasteiger partial charge is 0.339 e. The Morgan fingerprint density at radius 2 is 2.05 bits per heavy atom. The second kappa shape index (κ2) is 7.56. The summed E-state index contributed by atoms with van der Waals surface area (Å²) in [5, 5.41) is 3.47. The Bertz CT molecular complexity index is 611. The van der Waals surface area contributed by atoms with Gasteiger partial charge in [-0.25, -0.2) is 9.97 Å². The maximum absolute atomic E-state index is 12.6. The SMILES string of the molecule is CCCc1c(Cl)ncnc1Nc1ccccc1SC(F)F. The minimum absolute atomic E-state index is 0.383. The van der Waals surface area contributed by atoms with Crippen molar-refractivity contribution in [3.63, 3.8) is 0 Å². The smallest absolute Gasteiger partial charge is 0.288 e. The summed E-state index contributed by atoms with van der Waals surface area (Å²) in [5.74, 6) is -1.92. The van der Waals surface area contributed by atoms with Crippen LogP contribution in [-0.4, -0.2) is 15.7 Å². The third-order valence-electron chi connectivity index (χ3n) is 2.75. The average Bonchev–Trinajstić information content (AvgIpc) is 2.44. The molecule has 1 aromatic carbocycles. The summed E-state index contributed by atoms with van der Waals surface area (Å²) >= 11 is 6.58. The minimum Gasteiger partial charge on any atom is -0.339 e. The predicted octanol–water partition coefficient (Wildman–Crippen LogP) is 5.14. The third kappa shape index (κ3) is 4.28. The zero-order chi connectivity index (χ0) is 15.2. The molecule has 2 rings (SSSR count). The maximum Gasteiger partial charge on any atom is 0.288 e. The van der Waals surface area contributed by atoms with Crippen LogP contribution in [0.25, 0.3) is 0 Å². The van der Waals surface area contributed by atoms with Gasteiger partial charge in [-0.3, -0.25) is 0 Å². The van der Waals surface area contributed by atoms with Crippen LogP contribution in [0.5, 0.6) is 0 Å². The van der Waals surface area contributed by atoms with Crippen LogP contribution in [-0.2, 0) is 6.42 Å². The van der Waals surface area contributed by atoms with Gasteiger partial charge in [-0.15, -0.1) is 0 Å². The van der Waals surface area contributed by atoms with Crippen molar-refractivity contribution in [2.75, 3.05) is 5.32 Å².